The van der Waals surface area contributed by atoms with Crippen LogP contribution >= 0.6 is 0 Å². The van der Waals surface area contributed by atoms with Crippen LogP contribution in [0, 0.1) is 5.92 Å². The van der Waals surface area contributed by atoms with Crippen LogP contribution in [-0.4, -0.2) is 80.7 Å². The summed E-state index contributed by atoms with van der Waals surface area (Å²) in [4.78, 5) is 63.6. The number of carbonyl (C=O) groups is 5. The van der Waals surface area contributed by atoms with E-state index < -0.39 is 66.9 Å². The van der Waals surface area contributed by atoms with Gasteiger partial charge in [0, 0.05) is 23.5 Å². The maximum atomic E-state index is 13.1. The molecule has 1 heterocycles. The van der Waals surface area contributed by atoms with Gasteiger partial charge in [-0.25, -0.2) is 4.79 Å². The SMILES string of the molecule is CC(C)CC(NC(=O)C(CO)NC(=O)C(N)CC(=O)O)C(=O)NC(Cc1c[nH]c2ccccc12)C(=O)O. The molecule has 0 radical (unpaired) electrons. The third-order valence-corrected chi connectivity index (χ3v) is 5.60. The van der Waals surface area contributed by atoms with Gasteiger partial charge in [-0.2, -0.15) is 0 Å². The Balaban J connectivity index is 2.12. The molecule has 4 atom stereocenters. The molecule has 13 nitrogen and oxygen atoms in total. The molecule has 0 aliphatic carbocycles. The minimum absolute atomic E-state index is 0.00970. The van der Waals surface area contributed by atoms with Gasteiger partial charge in [-0.1, -0.05) is 32.0 Å². The molecule has 0 fully saturated rings. The molecule has 0 aliphatic rings. The first-order valence-corrected chi connectivity index (χ1v) is 11.7. The molecule has 0 saturated carbocycles. The normalized spacial score (nSPS) is 14.4. The Morgan fingerprint density at radius 2 is 1.51 bits per heavy atom. The topological polar surface area (TPSA) is 224 Å². The number of hydrogen-bond donors (Lipinski definition) is 8. The molecule has 0 bridgehead atoms. The van der Waals surface area contributed by atoms with Gasteiger partial charge in [0.25, 0.3) is 0 Å². The summed E-state index contributed by atoms with van der Waals surface area (Å²) in [6.45, 7) is 2.75. The lowest BCUT2D eigenvalue weighted by molar-refractivity contribution is -0.142. The Labute approximate surface area is 212 Å². The number of amides is 3. The van der Waals surface area contributed by atoms with E-state index >= 15 is 0 Å². The first-order valence-electron chi connectivity index (χ1n) is 11.7. The number of carboxylic acids is 2. The molecular formula is C24H33N5O8. The highest BCUT2D eigenvalue weighted by Gasteiger charge is 2.31. The zero-order chi connectivity index (χ0) is 27.7. The van der Waals surface area contributed by atoms with E-state index in [0.717, 1.165) is 10.9 Å². The molecule has 0 saturated heterocycles. The zero-order valence-electron chi connectivity index (χ0n) is 20.6. The largest absolute Gasteiger partial charge is 0.481 e. The lowest BCUT2D eigenvalue weighted by Crippen LogP contribution is -2.58. The third kappa shape index (κ3) is 8.58. The number of H-pyrrole nitrogens is 1. The van der Waals surface area contributed by atoms with E-state index in [1.165, 1.54) is 0 Å². The fraction of sp³-hybridized carbons (Fsp3) is 0.458. The molecule has 1 aromatic carbocycles. The number of fused-ring (bicyclic) bond motifs is 1. The lowest BCUT2D eigenvalue weighted by Gasteiger charge is -2.25. The van der Waals surface area contributed by atoms with Gasteiger partial charge < -0.3 is 42.0 Å². The Morgan fingerprint density at radius 1 is 0.919 bits per heavy atom. The van der Waals surface area contributed by atoms with Gasteiger partial charge in [0.15, 0.2) is 0 Å². The molecule has 0 spiro atoms. The van der Waals surface area contributed by atoms with E-state index in [4.69, 9.17) is 10.8 Å². The van der Waals surface area contributed by atoms with E-state index in [9.17, 15) is 34.2 Å². The number of nitrogens with one attached hydrogen (secondary N) is 4. The van der Waals surface area contributed by atoms with E-state index in [2.05, 4.69) is 20.9 Å². The molecule has 0 aliphatic heterocycles. The molecule has 13 heteroatoms. The monoisotopic (exact) mass is 519 g/mol. The second-order valence-corrected chi connectivity index (χ2v) is 9.10. The van der Waals surface area contributed by atoms with Crippen molar-refractivity contribution < 1.29 is 39.3 Å². The maximum Gasteiger partial charge on any atom is 0.326 e. The fourth-order valence-corrected chi connectivity index (χ4v) is 3.72. The molecule has 9 N–H and O–H groups in total. The summed E-state index contributed by atoms with van der Waals surface area (Å²) < 4.78 is 0. The molecule has 2 rings (SSSR count). The second kappa shape index (κ2) is 13.4. The van der Waals surface area contributed by atoms with Crippen molar-refractivity contribution >= 4 is 40.6 Å². The highest BCUT2D eigenvalue weighted by atomic mass is 16.4. The Bertz CT molecular complexity index is 1130. The van der Waals surface area contributed by atoms with Crippen molar-refractivity contribution in [1.82, 2.24) is 20.9 Å². The average Bonchev–Trinajstić information content (AvgIpc) is 3.23. The highest BCUT2D eigenvalue weighted by Crippen LogP contribution is 2.19. The van der Waals surface area contributed by atoms with Crippen molar-refractivity contribution in [2.45, 2.75) is 57.3 Å². The Morgan fingerprint density at radius 3 is 2.11 bits per heavy atom. The maximum absolute atomic E-state index is 13.1. The van der Waals surface area contributed by atoms with E-state index in [0.29, 0.717) is 5.56 Å². The van der Waals surface area contributed by atoms with Crippen LogP contribution in [-0.2, 0) is 30.4 Å². The van der Waals surface area contributed by atoms with Crippen molar-refractivity contribution in [1.29, 1.82) is 0 Å². The molecule has 1 aromatic heterocycles. The van der Waals surface area contributed by atoms with Crippen molar-refractivity contribution in [3.63, 3.8) is 0 Å². The number of para-hydroxylation sites is 1. The van der Waals surface area contributed by atoms with Crippen LogP contribution in [0.25, 0.3) is 10.9 Å². The van der Waals surface area contributed by atoms with Crippen LogP contribution in [0.3, 0.4) is 0 Å². The fourth-order valence-electron chi connectivity index (χ4n) is 3.72. The van der Waals surface area contributed by atoms with E-state index in [1.807, 2.05) is 24.3 Å². The van der Waals surface area contributed by atoms with Crippen molar-refractivity contribution in [2.75, 3.05) is 6.61 Å². The molecule has 3 amide bonds. The summed E-state index contributed by atoms with van der Waals surface area (Å²) >= 11 is 0. The van der Waals surface area contributed by atoms with Gasteiger partial charge in [-0.3, -0.25) is 19.2 Å². The zero-order valence-corrected chi connectivity index (χ0v) is 20.6. The molecule has 2 aromatic rings. The summed E-state index contributed by atoms with van der Waals surface area (Å²) in [7, 11) is 0. The quantitative estimate of drug-likeness (QED) is 0.154. The van der Waals surface area contributed by atoms with Crippen LogP contribution < -0.4 is 21.7 Å². The molecule has 4 unspecified atom stereocenters. The number of carboxylic acid groups (broad SMARTS) is 2. The third-order valence-electron chi connectivity index (χ3n) is 5.60. The van der Waals surface area contributed by atoms with Crippen LogP contribution in [0.15, 0.2) is 30.5 Å². The smallest absolute Gasteiger partial charge is 0.326 e. The van der Waals surface area contributed by atoms with Gasteiger partial charge in [0.05, 0.1) is 19.1 Å². The first-order chi connectivity index (χ1) is 17.4. The summed E-state index contributed by atoms with van der Waals surface area (Å²) in [5.74, 6) is -5.30. The minimum Gasteiger partial charge on any atom is -0.481 e. The first kappa shape index (κ1) is 29.3. The van der Waals surface area contributed by atoms with Crippen LogP contribution in [0.5, 0.6) is 0 Å². The van der Waals surface area contributed by atoms with Gasteiger partial charge >= 0.3 is 11.9 Å². The second-order valence-electron chi connectivity index (χ2n) is 9.10. The van der Waals surface area contributed by atoms with Gasteiger partial charge in [0.2, 0.25) is 17.7 Å². The summed E-state index contributed by atoms with van der Waals surface area (Å²) in [5, 5.41) is 35.9. The number of aliphatic carboxylic acids is 2. The average molecular weight is 520 g/mol. The van der Waals surface area contributed by atoms with Gasteiger partial charge in [-0.05, 0) is 24.0 Å². The van der Waals surface area contributed by atoms with Crippen molar-refractivity contribution in [3.05, 3.63) is 36.0 Å². The number of rotatable bonds is 14. The van der Waals surface area contributed by atoms with Gasteiger partial charge in [-0.15, -0.1) is 0 Å². The van der Waals surface area contributed by atoms with Crippen LogP contribution in [0.1, 0.15) is 32.3 Å². The Hall–Kier alpha value is -3.97. The lowest BCUT2D eigenvalue weighted by atomic mass is 10.0. The summed E-state index contributed by atoms with van der Waals surface area (Å²) in [6, 6.07) is 1.90. The Kier molecular flexibility index (Phi) is 10.6. The van der Waals surface area contributed by atoms with Crippen LogP contribution in [0.2, 0.25) is 0 Å². The number of hydrogen-bond acceptors (Lipinski definition) is 7. The number of aromatic amines is 1. The number of aliphatic hydroxyl groups is 1. The van der Waals surface area contributed by atoms with Gasteiger partial charge in [0.1, 0.15) is 18.1 Å². The number of aliphatic hydroxyl groups excluding tert-OH is 1. The summed E-state index contributed by atoms with van der Waals surface area (Å²) in [5.41, 5.74) is 6.99. The summed E-state index contributed by atoms with van der Waals surface area (Å²) in [6.07, 6.45) is 1.12. The van der Waals surface area contributed by atoms with Crippen molar-refractivity contribution in [2.24, 2.45) is 11.7 Å². The number of nitrogens with two attached hydrogens (primary N) is 1. The standard InChI is InChI=1S/C24H33N5O8/c1-12(2)7-17(27-23(35)19(11-30)29-21(33)15(25)9-20(31)32)22(34)28-18(24(36)37)8-13-10-26-16-6-4-3-5-14(13)16/h3-6,10,12,15,17-19,26,30H,7-9,11,25H2,1-2H3,(H,27,35)(H,28,34)(H,29,33)(H,31,32)(H,36,37). The molecule has 37 heavy (non-hydrogen) atoms. The predicted molar refractivity (Wildman–Crippen MR) is 132 cm³/mol. The number of benzene rings is 1. The van der Waals surface area contributed by atoms with Crippen LogP contribution in [0.4, 0.5) is 0 Å². The predicted octanol–water partition coefficient (Wildman–Crippen LogP) is -0.910. The van der Waals surface area contributed by atoms with E-state index in [-0.39, 0.29) is 18.8 Å². The van der Waals surface area contributed by atoms with Crippen molar-refractivity contribution in [3.8, 4) is 0 Å². The minimum atomic E-state index is -1.50. The number of aromatic nitrogens is 1. The highest BCUT2D eigenvalue weighted by molar-refractivity contribution is 5.95. The molecular weight excluding hydrogens is 486 g/mol. The molecule has 202 valence electrons. The van der Waals surface area contributed by atoms with E-state index in [1.54, 1.807) is 20.0 Å². The number of carbonyl (C=O) groups excluding carboxylic acids is 3.